The van der Waals surface area contributed by atoms with E-state index in [-0.39, 0.29) is 12.5 Å². The monoisotopic (exact) mass is 299 g/mol. The smallest absolute Gasteiger partial charge is 0.265 e. The van der Waals surface area contributed by atoms with E-state index in [2.05, 4.69) is 6.07 Å². The van der Waals surface area contributed by atoms with E-state index < -0.39 is 0 Å². The highest BCUT2D eigenvalue weighted by Gasteiger charge is 2.27. The fourth-order valence-corrected chi connectivity index (χ4v) is 3.31. The van der Waals surface area contributed by atoms with Crippen LogP contribution in [0, 0.1) is 17.2 Å². The lowest BCUT2D eigenvalue weighted by Crippen LogP contribution is -2.40. The number of nitrogens with two attached hydrogens (primary N) is 1. The molecule has 1 aliphatic carbocycles. The minimum absolute atomic E-state index is 0.0323. The molecule has 5 heteroatoms. The summed E-state index contributed by atoms with van der Waals surface area (Å²) in [7, 11) is 0. The number of nitrogens with zero attached hydrogens (tertiary/aromatic N) is 2. The summed E-state index contributed by atoms with van der Waals surface area (Å²) in [6, 6.07) is 7.69. The summed E-state index contributed by atoms with van der Waals surface area (Å²) in [5.74, 6) is 1.29. The number of rotatable bonds is 3. The van der Waals surface area contributed by atoms with Gasteiger partial charge in [-0.2, -0.15) is 5.26 Å². The lowest BCUT2D eigenvalue weighted by molar-refractivity contribution is -0.121. The molecule has 2 N–H and O–H groups in total. The number of hydrogen-bond acceptors (Lipinski definition) is 4. The molecule has 1 amide bonds. The van der Waals surface area contributed by atoms with Gasteiger partial charge >= 0.3 is 0 Å². The molecule has 1 heterocycles. The van der Waals surface area contributed by atoms with Crippen molar-refractivity contribution >= 4 is 11.6 Å². The third-order valence-corrected chi connectivity index (χ3v) is 4.68. The molecule has 1 aromatic carbocycles. The molecule has 0 atom stereocenters. The zero-order chi connectivity index (χ0) is 15.5. The molecule has 0 spiro atoms. The molecular weight excluding hydrogens is 278 g/mol. The summed E-state index contributed by atoms with van der Waals surface area (Å²) in [5, 5.41) is 9.04. The van der Waals surface area contributed by atoms with Crippen LogP contribution in [0.5, 0.6) is 5.75 Å². The number of nitriles is 1. The second-order valence-electron chi connectivity index (χ2n) is 6.20. The molecule has 0 unspecified atom stereocenters. The van der Waals surface area contributed by atoms with Crippen molar-refractivity contribution in [2.24, 2.45) is 11.7 Å². The maximum absolute atomic E-state index is 12.2. The van der Waals surface area contributed by atoms with Crippen LogP contribution in [0.15, 0.2) is 18.2 Å². The highest BCUT2D eigenvalue weighted by atomic mass is 16.5. The number of benzene rings is 1. The van der Waals surface area contributed by atoms with Crippen LogP contribution < -0.4 is 15.4 Å². The molecule has 0 bridgehead atoms. The molecule has 5 nitrogen and oxygen atoms in total. The molecule has 2 aliphatic rings. The van der Waals surface area contributed by atoms with Crippen LogP contribution in [0.4, 0.5) is 5.69 Å². The molecule has 0 saturated heterocycles. The number of amides is 1. The second kappa shape index (κ2) is 6.37. The normalized spacial score (nSPS) is 24.4. The van der Waals surface area contributed by atoms with Gasteiger partial charge in [0.1, 0.15) is 5.75 Å². The zero-order valence-electron chi connectivity index (χ0n) is 12.6. The third kappa shape index (κ3) is 3.07. The van der Waals surface area contributed by atoms with Crippen molar-refractivity contribution in [1.29, 1.82) is 5.26 Å². The van der Waals surface area contributed by atoms with E-state index in [4.69, 9.17) is 15.7 Å². The highest BCUT2D eigenvalue weighted by molar-refractivity contribution is 5.98. The number of ether oxygens (including phenoxy) is 1. The van der Waals surface area contributed by atoms with Crippen molar-refractivity contribution in [3.63, 3.8) is 0 Å². The fraction of sp³-hybridized carbons (Fsp3) is 0.529. The fourth-order valence-electron chi connectivity index (χ4n) is 3.31. The Morgan fingerprint density at radius 3 is 2.82 bits per heavy atom. The zero-order valence-corrected chi connectivity index (χ0v) is 12.6. The summed E-state index contributed by atoms with van der Waals surface area (Å²) < 4.78 is 5.45. The number of carbonyl (C=O) groups is 1. The van der Waals surface area contributed by atoms with Gasteiger partial charge in [-0.15, -0.1) is 0 Å². The SMILES string of the molecule is N#Cc1ccc2c(c1)N(CCC1CCC(N)CC1)C(=O)CO2. The quantitative estimate of drug-likeness (QED) is 0.928. The Morgan fingerprint density at radius 2 is 2.09 bits per heavy atom. The first kappa shape index (κ1) is 14.9. The maximum atomic E-state index is 12.2. The largest absolute Gasteiger partial charge is 0.482 e. The third-order valence-electron chi connectivity index (χ3n) is 4.68. The summed E-state index contributed by atoms with van der Waals surface area (Å²) >= 11 is 0. The van der Waals surface area contributed by atoms with Gasteiger partial charge in [0, 0.05) is 12.6 Å². The molecule has 3 rings (SSSR count). The molecule has 0 aromatic heterocycles. The van der Waals surface area contributed by atoms with E-state index in [1.54, 1.807) is 23.1 Å². The van der Waals surface area contributed by atoms with Crippen molar-refractivity contribution < 1.29 is 9.53 Å². The number of carbonyl (C=O) groups excluding carboxylic acids is 1. The van der Waals surface area contributed by atoms with Crippen LogP contribution in [0.2, 0.25) is 0 Å². The maximum Gasteiger partial charge on any atom is 0.265 e. The van der Waals surface area contributed by atoms with E-state index >= 15 is 0 Å². The Bertz CT molecular complexity index is 600. The van der Waals surface area contributed by atoms with Crippen molar-refractivity contribution in [2.45, 2.75) is 38.1 Å². The molecule has 1 aromatic rings. The second-order valence-corrected chi connectivity index (χ2v) is 6.20. The van der Waals surface area contributed by atoms with E-state index in [1.807, 2.05) is 0 Å². The van der Waals surface area contributed by atoms with Gasteiger partial charge < -0.3 is 15.4 Å². The van der Waals surface area contributed by atoms with Gasteiger partial charge in [0.25, 0.3) is 5.91 Å². The Balaban J connectivity index is 1.71. The summed E-state index contributed by atoms with van der Waals surface area (Å²) in [5.41, 5.74) is 7.21. The Kier molecular flexibility index (Phi) is 4.30. The predicted molar refractivity (Wildman–Crippen MR) is 83.6 cm³/mol. The average molecular weight is 299 g/mol. The molecule has 1 aliphatic heterocycles. The minimum atomic E-state index is -0.0323. The molecule has 1 fully saturated rings. The Labute approximate surface area is 130 Å². The number of fused-ring (bicyclic) bond motifs is 1. The highest BCUT2D eigenvalue weighted by Crippen LogP contribution is 2.34. The van der Waals surface area contributed by atoms with E-state index in [1.165, 1.54) is 0 Å². The lowest BCUT2D eigenvalue weighted by Gasteiger charge is -2.32. The van der Waals surface area contributed by atoms with Gasteiger partial charge in [-0.3, -0.25) is 4.79 Å². The van der Waals surface area contributed by atoms with Gasteiger partial charge in [0.05, 0.1) is 17.3 Å². The van der Waals surface area contributed by atoms with Crippen LogP contribution in [-0.2, 0) is 4.79 Å². The van der Waals surface area contributed by atoms with Crippen molar-refractivity contribution in [1.82, 2.24) is 0 Å². The van der Waals surface area contributed by atoms with Gasteiger partial charge in [0.2, 0.25) is 0 Å². The molecule has 22 heavy (non-hydrogen) atoms. The van der Waals surface area contributed by atoms with Crippen LogP contribution >= 0.6 is 0 Å². The van der Waals surface area contributed by atoms with Gasteiger partial charge in [-0.1, -0.05) is 0 Å². The molecule has 1 saturated carbocycles. The van der Waals surface area contributed by atoms with Gasteiger partial charge in [0.15, 0.2) is 6.61 Å². The number of anilines is 1. The average Bonchev–Trinajstić information content (AvgIpc) is 2.55. The molecule has 0 radical (unpaired) electrons. The van der Waals surface area contributed by atoms with E-state index in [0.29, 0.717) is 29.8 Å². The Hall–Kier alpha value is -2.06. The first-order valence-electron chi connectivity index (χ1n) is 7.90. The molecule has 116 valence electrons. The summed E-state index contributed by atoms with van der Waals surface area (Å²) in [4.78, 5) is 14.0. The van der Waals surface area contributed by atoms with Crippen LogP contribution in [0.1, 0.15) is 37.7 Å². The van der Waals surface area contributed by atoms with Crippen LogP contribution in [0.25, 0.3) is 0 Å². The van der Waals surface area contributed by atoms with Crippen molar-refractivity contribution in [3.05, 3.63) is 23.8 Å². The van der Waals surface area contributed by atoms with Crippen molar-refractivity contribution in [2.75, 3.05) is 18.1 Å². The van der Waals surface area contributed by atoms with Gasteiger partial charge in [-0.25, -0.2) is 0 Å². The Morgan fingerprint density at radius 1 is 1.32 bits per heavy atom. The topological polar surface area (TPSA) is 79.4 Å². The predicted octanol–water partition coefficient (Wildman–Crippen LogP) is 2.19. The first-order chi connectivity index (χ1) is 10.7. The van der Waals surface area contributed by atoms with Crippen molar-refractivity contribution in [3.8, 4) is 11.8 Å². The van der Waals surface area contributed by atoms with Gasteiger partial charge in [-0.05, 0) is 56.2 Å². The summed E-state index contributed by atoms with van der Waals surface area (Å²) in [6.45, 7) is 0.762. The minimum Gasteiger partial charge on any atom is -0.482 e. The van der Waals surface area contributed by atoms with Crippen LogP contribution in [0.3, 0.4) is 0 Å². The number of hydrogen-bond donors (Lipinski definition) is 1. The van der Waals surface area contributed by atoms with E-state index in [0.717, 1.165) is 37.8 Å². The lowest BCUT2D eigenvalue weighted by atomic mass is 9.84. The van der Waals surface area contributed by atoms with Crippen LogP contribution in [-0.4, -0.2) is 25.1 Å². The first-order valence-corrected chi connectivity index (χ1v) is 7.90. The summed E-state index contributed by atoms with van der Waals surface area (Å²) in [6.07, 6.45) is 5.43. The standard InChI is InChI=1S/C17H21N3O2/c18-10-13-3-6-16-15(9-13)20(17(21)11-22-16)8-7-12-1-4-14(19)5-2-12/h3,6,9,12,14H,1-2,4-5,7-8,11,19H2. The van der Waals surface area contributed by atoms with E-state index in [9.17, 15) is 4.79 Å². The molecular formula is C17H21N3O2.